The number of carbonyl (C=O) groups is 2. The second-order valence-corrected chi connectivity index (χ2v) is 12.6. The van der Waals surface area contributed by atoms with E-state index < -0.39 is 51.2 Å². The Morgan fingerprint density at radius 1 is 0.952 bits per heavy atom. The maximum absolute atomic E-state index is 14.0. The fraction of sp³-hybridized carbons (Fsp3) is 0.333. The lowest BCUT2D eigenvalue weighted by Gasteiger charge is -2.34. The predicted octanol–water partition coefficient (Wildman–Crippen LogP) is 5.60. The number of alkyl halides is 3. The first-order valence-electron chi connectivity index (χ1n) is 13.1. The molecule has 0 aliphatic rings. The Morgan fingerprint density at radius 2 is 1.57 bits per heavy atom. The van der Waals surface area contributed by atoms with Crippen LogP contribution in [-0.2, 0) is 38.8 Å². The van der Waals surface area contributed by atoms with Crippen LogP contribution in [0.2, 0.25) is 5.02 Å². The minimum absolute atomic E-state index is 0.0475. The van der Waals surface area contributed by atoms with E-state index in [0.717, 1.165) is 29.5 Å². The molecule has 0 aliphatic heterocycles. The zero-order valence-electron chi connectivity index (χ0n) is 23.7. The lowest BCUT2D eigenvalue weighted by Crippen LogP contribution is -2.54. The van der Waals surface area contributed by atoms with Gasteiger partial charge in [-0.3, -0.25) is 13.9 Å². The number of hydrogen-bond donors (Lipinski definition) is 1. The summed E-state index contributed by atoms with van der Waals surface area (Å²) >= 11 is 5.74. The Morgan fingerprint density at radius 3 is 2.12 bits per heavy atom. The predicted molar refractivity (Wildman–Crippen MR) is 158 cm³/mol. The molecule has 0 bridgehead atoms. The van der Waals surface area contributed by atoms with Gasteiger partial charge in [-0.15, -0.1) is 0 Å². The van der Waals surface area contributed by atoms with E-state index in [9.17, 15) is 31.2 Å². The number of anilines is 1. The summed E-state index contributed by atoms with van der Waals surface area (Å²) in [4.78, 5) is 28.8. The van der Waals surface area contributed by atoms with Crippen LogP contribution in [0.3, 0.4) is 0 Å². The van der Waals surface area contributed by atoms with Gasteiger partial charge in [0.1, 0.15) is 12.6 Å². The second-order valence-electron chi connectivity index (χ2n) is 10.3. The zero-order chi connectivity index (χ0) is 31.2. The van der Waals surface area contributed by atoms with Crippen LogP contribution in [0.4, 0.5) is 18.9 Å². The molecule has 226 valence electrons. The molecular formula is C30H33ClF3N3O4S. The van der Waals surface area contributed by atoms with E-state index >= 15 is 0 Å². The number of halogens is 4. The summed E-state index contributed by atoms with van der Waals surface area (Å²) in [7, 11) is -4.25. The van der Waals surface area contributed by atoms with Gasteiger partial charge in [-0.25, -0.2) is 8.42 Å². The normalized spacial score (nSPS) is 12.6. The van der Waals surface area contributed by atoms with Crippen molar-refractivity contribution in [2.45, 2.75) is 52.0 Å². The van der Waals surface area contributed by atoms with Crippen LogP contribution in [0.1, 0.15) is 36.1 Å². The third kappa shape index (κ3) is 8.96. The van der Waals surface area contributed by atoms with Crippen molar-refractivity contribution in [3.63, 3.8) is 0 Å². The molecule has 0 aromatic heterocycles. The van der Waals surface area contributed by atoms with Gasteiger partial charge in [0.05, 0.1) is 22.5 Å². The van der Waals surface area contributed by atoms with Gasteiger partial charge in [-0.2, -0.15) is 13.2 Å². The third-order valence-corrected chi connectivity index (χ3v) is 7.87. The standard InChI is InChI=1S/C30H33ClF3N3O4S/c1-20(2)35-29(39)27(16-22-8-6-5-7-9-22)36(18-23-12-10-21(3)11-13-23)28(38)19-37(42(4,40)41)24-14-15-26(31)25(17-24)30(32,33)34/h5-15,17,20,27H,16,18-19H2,1-4H3,(H,35,39). The lowest BCUT2D eigenvalue weighted by atomic mass is 10.0. The molecule has 0 heterocycles. The van der Waals surface area contributed by atoms with Crippen molar-refractivity contribution in [3.05, 3.63) is 100 Å². The van der Waals surface area contributed by atoms with Crippen molar-refractivity contribution in [2.75, 3.05) is 17.1 Å². The van der Waals surface area contributed by atoms with Crippen LogP contribution >= 0.6 is 11.6 Å². The van der Waals surface area contributed by atoms with Crippen molar-refractivity contribution >= 4 is 39.1 Å². The summed E-state index contributed by atoms with van der Waals surface area (Å²) in [5.41, 5.74) is 0.792. The van der Waals surface area contributed by atoms with Crippen LogP contribution in [0.25, 0.3) is 0 Å². The molecule has 0 spiro atoms. The highest BCUT2D eigenvalue weighted by Crippen LogP contribution is 2.37. The molecule has 1 atom stereocenters. The first-order chi connectivity index (χ1) is 19.6. The molecule has 0 saturated carbocycles. The molecule has 42 heavy (non-hydrogen) atoms. The fourth-order valence-electron chi connectivity index (χ4n) is 4.32. The smallest absolute Gasteiger partial charge is 0.352 e. The molecule has 1 N–H and O–H groups in total. The van der Waals surface area contributed by atoms with Crippen LogP contribution in [0.15, 0.2) is 72.8 Å². The van der Waals surface area contributed by atoms with E-state index in [1.54, 1.807) is 50.2 Å². The highest BCUT2D eigenvalue weighted by molar-refractivity contribution is 7.92. The average molecular weight is 624 g/mol. The number of hydrogen-bond acceptors (Lipinski definition) is 4. The summed E-state index contributed by atoms with van der Waals surface area (Å²) in [6.07, 6.45) is -3.94. The maximum Gasteiger partial charge on any atom is 0.417 e. The Balaban J connectivity index is 2.09. The number of rotatable bonds is 11. The van der Waals surface area contributed by atoms with Gasteiger partial charge in [-0.1, -0.05) is 71.8 Å². The van der Waals surface area contributed by atoms with Gasteiger partial charge in [0, 0.05) is 19.0 Å². The summed E-state index contributed by atoms with van der Waals surface area (Å²) in [6.45, 7) is 4.55. The fourth-order valence-corrected chi connectivity index (χ4v) is 5.39. The molecule has 0 fully saturated rings. The number of amides is 2. The van der Waals surface area contributed by atoms with Crippen LogP contribution in [0, 0.1) is 6.92 Å². The summed E-state index contributed by atoms with van der Waals surface area (Å²) in [5.74, 6) is -1.23. The third-order valence-electron chi connectivity index (χ3n) is 6.40. The van der Waals surface area contributed by atoms with Gasteiger partial charge < -0.3 is 10.2 Å². The number of nitrogens with one attached hydrogen (secondary N) is 1. The molecule has 0 radical (unpaired) electrons. The van der Waals surface area contributed by atoms with Gasteiger partial charge in [0.2, 0.25) is 21.8 Å². The lowest BCUT2D eigenvalue weighted by molar-refractivity contribution is -0.140. The molecule has 3 aromatic rings. The highest BCUT2D eigenvalue weighted by atomic mass is 35.5. The van der Waals surface area contributed by atoms with Crippen LogP contribution in [0.5, 0.6) is 0 Å². The SMILES string of the molecule is Cc1ccc(CN(C(=O)CN(c2ccc(Cl)c(C(F)(F)F)c2)S(C)(=O)=O)C(Cc2ccccc2)C(=O)NC(C)C)cc1. The molecule has 2 amide bonds. The molecule has 12 heteroatoms. The molecular weight excluding hydrogens is 591 g/mol. The quantitative estimate of drug-likeness (QED) is 0.301. The van der Waals surface area contributed by atoms with Gasteiger partial charge >= 0.3 is 6.18 Å². The number of aryl methyl sites for hydroxylation is 1. The Kier molecular flexibility index (Phi) is 10.7. The second kappa shape index (κ2) is 13.6. The number of sulfonamides is 1. The van der Waals surface area contributed by atoms with Gasteiger partial charge in [0.15, 0.2) is 0 Å². The van der Waals surface area contributed by atoms with E-state index in [-0.39, 0.29) is 24.7 Å². The minimum atomic E-state index is -4.85. The Bertz CT molecular complexity index is 1500. The van der Waals surface area contributed by atoms with E-state index in [1.807, 2.05) is 25.1 Å². The molecule has 0 aliphatic carbocycles. The molecule has 7 nitrogen and oxygen atoms in total. The van der Waals surface area contributed by atoms with E-state index in [4.69, 9.17) is 11.6 Å². The van der Waals surface area contributed by atoms with Crippen molar-refractivity contribution in [1.82, 2.24) is 10.2 Å². The summed E-state index contributed by atoms with van der Waals surface area (Å²) < 4.78 is 67.0. The number of nitrogens with zero attached hydrogens (tertiary/aromatic N) is 2. The van der Waals surface area contributed by atoms with Crippen LogP contribution < -0.4 is 9.62 Å². The topological polar surface area (TPSA) is 86.8 Å². The zero-order valence-corrected chi connectivity index (χ0v) is 25.2. The Hall–Kier alpha value is -3.57. The molecule has 3 aromatic carbocycles. The van der Waals surface area contributed by atoms with Crippen molar-refractivity contribution < 1.29 is 31.2 Å². The Labute approximate surface area is 249 Å². The first-order valence-corrected chi connectivity index (χ1v) is 15.3. The minimum Gasteiger partial charge on any atom is -0.352 e. The monoisotopic (exact) mass is 623 g/mol. The average Bonchev–Trinajstić information content (AvgIpc) is 2.89. The number of benzene rings is 3. The maximum atomic E-state index is 14.0. The van der Waals surface area contributed by atoms with Gasteiger partial charge in [0.25, 0.3) is 0 Å². The molecule has 0 saturated heterocycles. The van der Waals surface area contributed by atoms with E-state index in [1.165, 1.54) is 4.90 Å². The van der Waals surface area contributed by atoms with Crippen molar-refractivity contribution in [1.29, 1.82) is 0 Å². The summed E-state index contributed by atoms with van der Waals surface area (Å²) in [6, 6.07) is 17.6. The largest absolute Gasteiger partial charge is 0.417 e. The van der Waals surface area contributed by atoms with Gasteiger partial charge in [-0.05, 0) is 50.1 Å². The molecule has 1 unspecified atom stereocenters. The first kappa shape index (κ1) is 32.9. The number of carbonyl (C=O) groups excluding carboxylic acids is 2. The van der Waals surface area contributed by atoms with Crippen molar-refractivity contribution in [2.24, 2.45) is 0 Å². The van der Waals surface area contributed by atoms with E-state index in [2.05, 4.69) is 5.32 Å². The van der Waals surface area contributed by atoms with Crippen LogP contribution in [-0.4, -0.2) is 50.0 Å². The van der Waals surface area contributed by atoms with Crippen molar-refractivity contribution in [3.8, 4) is 0 Å². The highest BCUT2D eigenvalue weighted by Gasteiger charge is 2.36. The van der Waals surface area contributed by atoms with E-state index in [0.29, 0.717) is 15.9 Å². The summed E-state index contributed by atoms with van der Waals surface area (Å²) in [5, 5.41) is 2.22. The molecule has 3 rings (SSSR count).